The van der Waals surface area contributed by atoms with Crippen molar-refractivity contribution in [2.45, 2.75) is 43.9 Å². The van der Waals surface area contributed by atoms with Gasteiger partial charge >= 0.3 is 0 Å². The third-order valence-electron chi connectivity index (χ3n) is 4.34. The van der Waals surface area contributed by atoms with Crippen LogP contribution in [-0.4, -0.2) is 35.7 Å². The maximum absolute atomic E-state index is 14.3. The molecule has 1 aliphatic carbocycles. The van der Waals surface area contributed by atoms with E-state index < -0.39 is 11.4 Å². The van der Waals surface area contributed by atoms with E-state index >= 15 is 0 Å². The Bertz CT molecular complexity index is 489. The number of halogens is 1. The summed E-state index contributed by atoms with van der Waals surface area (Å²) in [5, 5.41) is 10.8. The molecule has 1 aromatic carbocycles. The van der Waals surface area contributed by atoms with Gasteiger partial charge in [0, 0.05) is 24.2 Å². The summed E-state index contributed by atoms with van der Waals surface area (Å²) in [6.07, 6.45) is 2.97. The number of ether oxygens (including phenoxy) is 1. The first-order chi connectivity index (χ1) is 9.05. The van der Waals surface area contributed by atoms with Gasteiger partial charge in [-0.2, -0.15) is 0 Å². The molecule has 0 radical (unpaired) electrons. The average molecular weight is 265 g/mol. The number of hydrogen-bond donors (Lipinski definition) is 1. The fraction of sp³-hybridized carbons (Fsp3) is 0.600. The Kier molecular flexibility index (Phi) is 3.02. The summed E-state index contributed by atoms with van der Waals surface area (Å²) >= 11 is 0. The molecule has 1 saturated heterocycles. The normalized spacial score (nSPS) is 31.7. The van der Waals surface area contributed by atoms with E-state index in [2.05, 4.69) is 11.8 Å². The van der Waals surface area contributed by atoms with Gasteiger partial charge in [-0.05, 0) is 32.3 Å². The van der Waals surface area contributed by atoms with Gasteiger partial charge in [0.05, 0.1) is 7.11 Å². The number of rotatable bonds is 3. The number of likely N-dealkylation sites (tertiary alicyclic amines) is 1. The van der Waals surface area contributed by atoms with Crippen LogP contribution in [0.25, 0.3) is 0 Å². The van der Waals surface area contributed by atoms with Gasteiger partial charge in [-0.3, -0.25) is 4.90 Å². The lowest BCUT2D eigenvalue weighted by molar-refractivity contribution is 0.0411. The molecule has 2 fully saturated rings. The van der Waals surface area contributed by atoms with E-state index in [9.17, 15) is 9.50 Å². The fourth-order valence-corrected chi connectivity index (χ4v) is 3.25. The third-order valence-corrected chi connectivity index (χ3v) is 4.34. The first kappa shape index (κ1) is 12.9. The maximum atomic E-state index is 14.3. The second kappa shape index (κ2) is 4.46. The van der Waals surface area contributed by atoms with Crippen LogP contribution in [0.1, 0.15) is 31.7 Å². The fourth-order valence-electron chi connectivity index (χ4n) is 3.25. The van der Waals surface area contributed by atoms with Gasteiger partial charge in [-0.25, -0.2) is 4.39 Å². The second-order valence-electron chi connectivity index (χ2n) is 5.81. The molecule has 3 rings (SSSR count). The summed E-state index contributed by atoms with van der Waals surface area (Å²) in [6, 6.07) is 5.86. The number of β-amino-alcohol motifs (C(OH)–C–C–N with tert-alkyl or cyclic N) is 1. The summed E-state index contributed by atoms with van der Waals surface area (Å²) in [6.45, 7) is 2.62. The zero-order chi connectivity index (χ0) is 13.6. The molecule has 4 heteroatoms. The van der Waals surface area contributed by atoms with Crippen molar-refractivity contribution in [2.75, 3.05) is 13.7 Å². The number of benzene rings is 1. The molecule has 1 aliphatic heterocycles. The van der Waals surface area contributed by atoms with Crippen molar-refractivity contribution in [3.05, 3.63) is 29.6 Å². The quantitative estimate of drug-likeness (QED) is 0.910. The maximum Gasteiger partial charge on any atom is 0.171 e. The van der Waals surface area contributed by atoms with Crippen LogP contribution in [0.3, 0.4) is 0 Å². The Morgan fingerprint density at radius 1 is 1.42 bits per heavy atom. The van der Waals surface area contributed by atoms with Crippen molar-refractivity contribution in [1.82, 2.24) is 4.90 Å². The molecule has 2 unspecified atom stereocenters. The van der Waals surface area contributed by atoms with Crippen molar-refractivity contribution < 1.29 is 14.2 Å². The van der Waals surface area contributed by atoms with Gasteiger partial charge in [0.25, 0.3) is 0 Å². The zero-order valence-corrected chi connectivity index (χ0v) is 11.4. The van der Waals surface area contributed by atoms with E-state index in [0.717, 1.165) is 0 Å². The second-order valence-corrected chi connectivity index (χ2v) is 5.81. The Hall–Kier alpha value is -1.13. The lowest BCUT2D eigenvalue weighted by Crippen LogP contribution is -2.33. The van der Waals surface area contributed by atoms with E-state index in [4.69, 9.17) is 4.74 Å². The first-order valence-electron chi connectivity index (χ1n) is 6.86. The summed E-state index contributed by atoms with van der Waals surface area (Å²) in [5.41, 5.74) is -0.734. The molecule has 0 amide bonds. The summed E-state index contributed by atoms with van der Waals surface area (Å²) in [5.74, 6) is -0.235. The molecular formula is C15H20FNO2. The molecule has 3 nitrogen and oxygen atoms in total. The molecule has 1 heterocycles. The minimum atomic E-state index is -1.10. The molecule has 0 aromatic heterocycles. The topological polar surface area (TPSA) is 32.7 Å². The SMILES string of the molecule is COc1cccc(C2(O)CC(C)N(C3CC3)C2)c1F. The Morgan fingerprint density at radius 3 is 2.79 bits per heavy atom. The van der Waals surface area contributed by atoms with Crippen molar-refractivity contribution >= 4 is 0 Å². The van der Waals surface area contributed by atoms with Crippen LogP contribution in [0.5, 0.6) is 5.75 Å². The number of hydrogen-bond acceptors (Lipinski definition) is 3. The first-order valence-corrected chi connectivity index (χ1v) is 6.86. The van der Waals surface area contributed by atoms with Crippen molar-refractivity contribution in [3.63, 3.8) is 0 Å². The molecule has 2 aliphatic rings. The van der Waals surface area contributed by atoms with Gasteiger partial charge in [0.1, 0.15) is 5.60 Å². The van der Waals surface area contributed by atoms with Crippen molar-refractivity contribution in [2.24, 2.45) is 0 Å². The molecule has 19 heavy (non-hydrogen) atoms. The molecular weight excluding hydrogens is 245 g/mol. The van der Waals surface area contributed by atoms with E-state index in [1.807, 2.05) is 0 Å². The monoisotopic (exact) mass is 265 g/mol. The van der Waals surface area contributed by atoms with Crippen molar-refractivity contribution in [3.8, 4) is 5.75 Å². The molecule has 1 N–H and O–H groups in total. The van der Waals surface area contributed by atoms with Crippen LogP contribution in [-0.2, 0) is 5.60 Å². The number of nitrogens with zero attached hydrogens (tertiary/aromatic N) is 1. The molecule has 2 atom stereocenters. The van der Waals surface area contributed by atoms with Gasteiger partial charge < -0.3 is 9.84 Å². The van der Waals surface area contributed by atoms with E-state index in [1.54, 1.807) is 18.2 Å². The van der Waals surface area contributed by atoms with Crippen LogP contribution < -0.4 is 4.74 Å². The molecule has 104 valence electrons. The largest absolute Gasteiger partial charge is 0.494 e. The molecule has 1 aromatic rings. The highest BCUT2D eigenvalue weighted by Gasteiger charge is 2.48. The summed E-state index contributed by atoms with van der Waals surface area (Å²) in [7, 11) is 1.44. The third kappa shape index (κ3) is 2.13. The average Bonchev–Trinajstić information content (AvgIpc) is 3.16. The molecule has 0 spiro atoms. The predicted molar refractivity (Wildman–Crippen MR) is 70.7 cm³/mol. The Morgan fingerprint density at radius 2 is 2.16 bits per heavy atom. The van der Waals surface area contributed by atoms with E-state index in [1.165, 1.54) is 20.0 Å². The van der Waals surface area contributed by atoms with Gasteiger partial charge in [-0.1, -0.05) is 12.1 Å². The van der Waals surface area contributed by atoms with Crippen molar-refractivity contribution in [1.29, 1.82) is 0 Å². The predicted octanol–water partition coefficient (Wildman–Crippen LogP) is 2.28. The van der Waals surface area contributed by atoms with Crippen LogP contribution in [0.2, 0.25) is 0 Å². The number of aliphatic hydroxyl groups is 1. The lowest BCUT2D eigenvalue weighted by Gasteiger charge is -2.25. The highest BCUT2D eigenvalue weighted by molar-refractivity contribution is 5.36. The minimum absolute atomic E-state index is 0.198. The summed E-state index contributed by atoms with van der Waals surface area (Å²) < 4.78 is 19.3. The Balaban J connectivity index is 1.93. The standard InChI is InChI=1S/C15H20FNO2/c1-10-8-15(18,9-17(10)11-6-7-11)12-4-3-5-13(19-2)14(12)16/h3-5,10-11,18H,6-9H2,1-2H3. The molecule has 0 bridgehead atoms. The number of methoxy groups -OCH3 is 1. The van der Waals surface area contributed by atoms with Gasteiger partial charge in [0.15, 0.2) is 11.6 Å². The Labute approximate surface area is 113 Å². The highest BCUT2D eigenvalue weighted by atomic mass is 19.1. The smallest absolute Gasteiger partial charge is 0.171 e. The van der Waals surface area contributed by atoms with Crippen LogP contribution in [0.4, 0.5) is 4.39 Å². The van der Waals surface area contributed by atoms with E-state index in [-0.39, 0.29) is 5.75 Å². The van der Waals surface area contributed by atoms with Crippen LogP contribution in [0, 0.1) is 5.82 Å². The lowest BCUT2D eigenvalue weighted by atomic mass is 9.91. The van der Waals surface area contributed by atoms with Gasteiger partial charge in [0.2, 0.25) is 0 Å². The highest BCUT2D eigenvalue weighted by Crippen LogP contribution is 2.43. The van der Waals surface area contributed by atoms with E-state index in [0.29, 0.717) is 30.6 Å². The van der Waals surface area contributed by atoms with Crippen LogP contribution in [0.15, 0.2) is 18.2 Å². The summed E-state index contributed by atoms with van der Waals surface area (Å²) in [4.78, 5) is 2.30. The minimum Gasteiger partial charge on any atom is -0.494 e. The van der Waals surface area contributed by atoms with Crippen LogP contribution >= 0.6 is 0 Å². The molecule has 1 saturated carbocycles. The zero-order valence-electron chi connectivity index (χ0n) is 11.4. The van der Waals surface area contributed by atoms with Gasteiger partial charge in [-0.15, -0.1) is 0 Å².